The Balaban J connectivity index is 2.78. The van der Waals surface area contributed by atoms with Crippen molar-refractivity contribution in [2.24, 2.45) is 5.41 Å². The summed E-state index contributed by atoms with van der Waals surface area (Å²) in [6.45, 7) is 7.21. The van der Waals surface area contributed by atoms with E-state index in [9.17, 15) is 5.11 Å². The van der Waals surface area contributed by atoms with Gasteiger partial charge in [-0.2, -0.15) is 15.0 Å². The highest BCUT2D eigenvalue weighted by atomic mass is 16.5. The highest BCUT2D eigenvalue weighted by molar-refractivity contribution is 5.35. The lowest BCUT2D eigenvalue weighted by molar-refractivity contribution is 0.170. The SMILES string of the molecule is CCNc1nc(NCC(C)(C)CO)nc(OC)n1. The Hall–Kier alpha value is -1.63. The summed E-state index contributed by atoms with van der Waals surface area (Å²) < 4.78 is 5.01. The third-order valence-electron chi connectivity index (χ3n) is 2.29. The van der Waals surface area contributed by atoms with Crippen LogP contribution < -0.4 is 15.4 Å². The molecule has 1 aromatic heterocycles. The Morgan fingerprint density at radius 3 is 2.28 bits per heavy atom. The molecule has 0 unspecified atom stereocenters. The Kier molecular flexibility index (Phi) is 5.08. The van der Waals surface area contributed by atoms with Crippen LogP contribution in [0.5, 0.6) is 6.01 Å². The van der Waals surface area contributed by atoms with Gasteiger partial charge in [-0.05, 0) is 6.92 Å². The molecule has 0 atom stereocenters. The molecule has 1 rings (SSSR count). The zero-order chi connectivity index (χ0) is 13.6. The predicted octanol–water partition coefficient (Wildman–Crippen LogP) is 0.742. The van der Waals surface area contributed by atoms with Crippen LogP contribution >= 0.6 is 0 Å². The van der Waals surface area contributed by atoms with Crippen molar-refractivity contribution in [3.8, 4) is 6.01 Å². The van der Waals surface area contributed by atoms with E-state index >= 15 is 0 Å². The molecule has 0 spiro atoms. The first-order valence-electron chi connectivity index (χ1n) is 5.89. The lowest BCUT2D eigenvalue weighted by Gasteiger charge is -2.21. The Labute approximate surface area is 107 Å². The zero-order valence-corrected chi connectivity index (χ0v) is 11.3. The third-order valence-corrected chi connectivity index (χ3v) is 2.29. The molecule has 0 fully saturated rings. The van der Waals surface area contributed by atoms with Crippen molar-refractivity contribution in [2.75, 3.05) is 37.4 Å². The van der Waals surface area contributed by atoms with Crippen LogP contribution in [0.2, 0.25) is 0 Å². The van der Waals surface area contributed by atoms with E-state index in [1.807, 2.05) is 20.8 Å². The van der Waals surface area contributed by atoms with Gasteiger partial charge >= 0.3 is 6.01 Å². The fourth-order valence-electron chi connectivity index (χ4n) is 1.14. The summed E-state index contributed by atoms with van der Waals surface area (Å²) in [5.41, 5.74) is -0.238. The summed E-state index contributed by atoms with van der Waals surface area (Å²) in [6.07, 6.45) is 0. The molecule has 7 heteroatoms. The van der Waals surface area contributed by atoms with E-state index in [0.717, 1.165) is 6.54 Å². The molecule has 0 aliphatic carbocycles. The van der Waals surface area contributed by atoms with Gasteiger partial charge in [0.05, 0.1) is 7.11 Å². The van der Waals surface area contributed by atoms with Crippen LogP contribution in [0.4, 0.5) is 11.9 Å². The summed E-state index contributed by atoms with van der Waals surface area (Å²) in [5, 5.41) is 15.3. The zero-order valence-electron chi connectivity index (χ0n) is 11.3. The Morgan fingerprint density at radius 1 is 1.17 bits per heavy atom. The van der Waals surface area contributed by atoms with E-state index in [-0.39, 0.29) is 18.0 Å². The van der Waals surface area contributed by atoms with Gasteiger partial charge in [-0.25, -0.2) is 0 Å². The number of nitrogens with zero attached hydrogens (tertiary/aromatic N) is 3. The number of hydrogen-bond donors (Lipinski definition) is 3. The number of aliphatic hydroxyl groups excluding tert-OH is 1. The second kappa shape index (κ2) is 6.34. The van der Waals surface area contributed by atoms with Crippen LogP contribution in [0, 0.1) is 5.41 Å². The molecular formula is C11H21N5O2. The van der Waals surface area contributed by atoms with E-state index in [1.165, 1.54) is 7.11 Å². The number of aromatic nitrogens is 3. The minimum absolute atomic E-state index is 0.0856. The number of methoxy groups -OCH3 is 1. The number of hydrogen-bond acceptors (Lipinski definition) is 7. The second-order valence-electron chi connectivity index (χ2n) is 4.68. The number of rotatable bonds is 7. The van der Waals surface area contributed by atoms with Crippen molar-refractivity contribution in [1.82, 2.24) is 15.0 Å². The van der Waals surface area contributed by atoms with Gasteiger partial charge in [0.15, 0.2) is 0 Å². The van der Waals surface area contributed by atoms with Gasteiger partial charge in [0.25, 0.3) is 0 Å². The van der Waals surface area contributed by atoms with Crippen molar-refractivity contribution in [3.63, 3.8) is 0 Å². The topological polar surface area (TPSA) is 92.2 Å². The average Bonchev–Trinajstić information content (AvgIpc) is 2.37. The molecule has 1 heterocycles. The first-order valence-corrected chi connectivity index (χ1v) is 5.89. The highest BCUT2D eigenvalue weighted by Crippen LogP contribution is 2.16. The van der Waals surface area contributed by atoms with Gasteiger partial charge in [0.1, 0.15) is 0 Å². The maximum absolute atomic E-state index is 9.18. The van der Waals surface area contributed by atoms with Crippen LogP contribution in [0.25, 0.3) is 0 Å². The number of nitrogens with one attached hydrogen (secondary N) is 2. The molecule has 18 heavy (non-hydrogen) atoms. The Morgan fingerprint density at radius 2 is 1.78 bits per heavy atom. The van der Waals surface area contributed by atoms with Crippen molar-refractivity contribution in [2.45, 2.75) is 20.8 Å². The van der Waals surface area contributed by atoms with Crippen molar-refractivity contribution in [3.05, 3.63) is 0 Å². The maximum Gasteiger partial charge on any atom is 0.322 e. The molecule has 1 aromatic rings. The lowest BCUT2D eigenvalue weighted by Crippen LogP contribution is -2.27. The van der Waals surface area contributed by atoms with E-state index in [1.54, 1.807) is 0 Å². The molecule has 0 aliphatic heterocycles. The van der Waals surface area contributed by atoms with E-state index in [4.69, 9.17) is 4.74 Å². The minimum Gasteiger partial charge on any atom is -0.467 e. The van der Waals surface area contributed by atoms with Crippen molar-refractivity contribution in [1.29, 1.82) is 0 Å². The van der Waals surface area contributed by atoms with E-state index in [0.29, 0.717) is 18.4 Å². The molecule has 0 bridgehead atoms. The first kappa shape index (κ1) is 14.4. The molecule has 0 amide bonds. The van der Waals surface area contributed by atoms with Gasteiger partial charge in [0.2, 0.25) is 11.9 Å². The number of aliphatic hydroxyl groups is 1. The fourth-order valence-corrected chi connectivity index (χ4v) is 1.14. The highest BCUT2D eigenvalue weighted by Gasteiger charge is 2.17. The first-order chi connectivity index (χ1) is 8.50. The van der Waals surface area contributed by atoms with Crippen molar-refractivity contribution >= 4 is 11.9 Å². The minimum atomic E-state index is -0.238. The Bertz CT molecular complexity index is 384. The molecule has 0 saturated heterocycles. The largest absolute Gasteiger partial charge is 0.467 e. The van der Waals surface area contributed by atoms with Crippen LogP contribution in [-0.4, -0.2) is 46.9 Å². The fraction of sp³-hybridized carbons (Fsp3) is 0.727. The van der Waals surface area contributed by atoms with Gasteiger partial charge in [-0.3, -0.25) is 0 Å². The van der Waals surface area contributed by atoms with Crippen LogP contribution in [0.15, 0.2) is 0 Å². The lowest BCUT2D eigenvalue weighted by atomic mass is 9.95. The summed E-state index contributed by atoms with van der Waals surface area (Å²) in [4.78, 5) is 12.4. The molecule has 0 aliphatic rings. The molecule has 0 aromatic carbocycles. The molecule has 3 N–H and O–H groups in total. The van der Waals surface area contributed by atoms with Crippen LogP contribution in [0.1, 0.15) is 20.8 Å². The monoisotopic (exact) mass is 255 g/mol. The molecule has 0 radical (unpaired) electrons. The van der Waals surface area contributed by atoms with Crippen LogP contribution in [0.3, 0.4) is 0 Å². The van der Waals surface area contributed by atoms with Gasteiger partial charge in [-0.15, -0.1) is 0 Å². The average molecular weight is 255 g/mol. The molecule has 102 valence electrons. The normalized spacial score (nSPS) is 11.2. The van der Waals surface area contributed by atoms with Gasteiger partial charge in [0, 0.05) is 25.1 Å². The number of ether oxygens (including phenoxy) is 1. The summed E-state index contributed by atoms with van der Waals surface area (Å²) in [6, 6.07) is 0.255. The maximum atomic E-state index is 9.18. The van der Waals surface area contributed by atoms with Gasteiger partial charge < -0.3 is 20.5 Å². The molecule has 7 nitrogen and oxygen atoms in total. The number of anilines is 2. The van der Waals surface area contributed by atoms with Crippen molar-refractivity contribution < 1.29 is 9.84 Å². The second-order valence-corrected chi connectivity index (χ2v) is 4.68. The van der Waals surface area contributed by atoms with E-state index in [2.05, 4.69) is 25.6 Å². The molecule has 0 saturated carbocycles. The third kappa shape index (κ3) is 4.33. The van der Waals surface area contributed by atoms with E-state index < -0.39 is 0 Å². The summed E-state index contributed by atoms with van der Waals surface area (Å²) >= 11 is 0. The molecular weight excluding hydrogens is 234 g/mol. The standard InChI is InChI=1S/C11H21N5O2/c1-5-12-8-14-9(16-10(15-8)18-4)13-6-11(2,3)7-17/h17H,5-7H2,1-4H3,(H2,12,13,14,15,16). The summed E-state index contributed by atoms with van der Waals surface area (Å²) in [7, 11) is 1.51. The smallest absolute Gasteiger partial charge is 0.322 e. The van der Waals surface area contributed by atoms with Gasteiger partial charge in [-0.1, -0.05) is 13.8 Å². The summed E-state index contributed by atoms with van der Waals surface area (Å²) in [5.74, 6) is 0.896. The van der Waals surface area contributed by atoms with Crippen LogP contribution in [-0.2, 0) is 0 Å². The quantitative estimate of drug-likeness (QED) is 0.661. The predicted molar refractivity (Wildman–Crippen MR) is 69.9 cm³/mol.